The van der Waals surface area contributed by atoms with Crippen LogP contribution in [0.15, 0.2) is 370 Å². The number of hydrogen-bond donors (Lipinski definition) is 0. The molecule has 8 heterocycles. The van der Waals surface area contributed by atoms with Crippen molar-refractivity contribution in [2.75, 3.05) is 0 Å². The third-order valence-corrected chi connectivity index (χ3v) is 24.1. The summed E-state index contributed by atoms with van der Waals surface area (Å²) in [4.78, 5) is 32.7. The number of nitrogens with zero attached hydrogens (tertiary/aromatic N) is 8. The lowest BCUT2D eigenvalue weighted by Gasteiger charge is -2.13. The molecule has 0 atom stereocenters. The first-order valence-corrected chi connectivity index (χ1v) is 39.6. The van der Waals surface area contributed by atoms with Gasteiger partial charge in [0.1, 0.15) is 44.7 Å². The molecule has 0 fully saturated rings. The fourth-order valence-electron chi connectivity index (χ4n) is 18.7. The van der Waals surface area contributed by atoms with Gasteiger partial charge < -0.3 is 26.8 Å². The van der Waals surface area contributed by atoms with Gasteiger partial charge in [0.2, 0.25) is 0 Å². The summed E-state index contributed by atoms with van der Waals surface area (Å²) in [6, 6.07) is 124. The number of hydrogen-bond acceptors (Lipinski definition) is 10. The molecule has 0 aliphatic rings. The molecule has 8 aromatic heterocycles. The van der Waals surface area contributed by atoms with E-state index in [1.54, 1.807) is 0 Å². The fourth-order valence-corrected chi connectivity index (χ4v) is 18.7. The summed E-state index contributed by atoms with van der Waals surface area (Å²) in [5, 5.41) is 21.4. The number of benzene rings is 18. The minimum Gasteiger partial charge on any atom is -0.456 e. The lowest BCUT2D eigenvalue weighted by molar-refractivity contribution is 0.668. The van der Waals surface area contributed by atoms with E-state index in [0.717, 1.165) is 176 Å². The third kappa shape index (κ3) is 9.71. The van der Waals surface area contributed by atoms with Crippen molar-refractivity contribution in [2.45, 2.75) is 0 Å². The lowest BCUT2D eigenvalue weighted by atomic mass is 9.98. The molecule has 12 heteroatoms. The predicted molar refractivity (Wildman–Crippen MR) is 479 cm³/mol. The standard InChI is InChI=1S/C106H58N8O4/c1-2-20-59(21-3-1)101-107-103(111-105(108-101)84-53-66-40-43-71(58-79(66)98-77-32-12-17-38-92(77)118-100(84)98)114-87-35-14-9-29-74(87)81-51-62-23-5-7-25-64(62)57-89(81)114)68-42-47-94-83(54-68)82-52-65(41-46-93(82)115-94)60-26-18-27-67(48-60)102-109-104(78-33-19-39-95-96(78)75-30-10-15-36-90(75)116-95)112-106(110-102)85-55-69-49-70(44-45-72(69)97-76-31-11-16-37-91(76)117-99(85)97)113-86-34-13-8-28-73(86)80-50-61-22-4-6-24-63(61)56-88(80)113/h1-58H. The van der Waals surface area contributed by atoms with Crippen LogP contribution in [-0.2, 0) is 0 Å². The summed E-state index contributed by atoms with van der Waals surface area (Å²) in [5.74, 6) is 2.94. The van der Waals surface area contributed by atoms with Gasteiger partial charge in [-0.25, -0.2) is 29.9 Å². The maximum atomic E-state index is 7.06. The van der Waals surface area contributed by atoms with Crippen LogP contribution in [0.25, 0.3) is 265 Å². The SMILES string of the molecule is c1ccc(-c2nc(-c3ccc4oc5ccc(-c6cccc(-c7nc(-c8cc9cc(-n%10c%11ccccc%11c%11cc%12ccccc%12cc%11%10)ccc9c9c8oc8ccccc89)nc(-c8cccc9oc%10ccccc%10c89)n7)c6)cc5c4c3)nc(-c3cc4ccc(-n5c6ccccc6c6cc7ccccc7cc65)cc4c4c3oc3ccccc34)n2)cc1. The summed E-state index contributed by atoms with van der Waals surface area (Å²) in [7, 11) is 0. The summed E-state index contributed by atoms with van der Waals surface area (Å²) in [6.07, 6.45) is 0. The molecule has 0 amide bonds. The third-order valence-electron chi connectivity index (χ3n) is 24.1. The maximum Gasteiger partial charge on any atom is 0.167 e. The molecule has 0 saturated heterocycles. The molecule has 0 aliphatic carbocycles. The van der Waals surface area contributed by atoms with E-state index in [9.17, 15) is 0 Å². The van der Waals surface area contributed by atoms with Crippen LogP contribution in [0.4, 0.5) is 0 Å². The second-order valence-electron chi connectivity index (χ2n) is 30.8. The zero-order chi connectivity index (χ0) is 77.0. The van der Waals surface area contributed by atoms with E-state index in [-0.39, 0.29) is 0 Å². The van der Waals surface area contributed by atoms with Gasteiger partial charge in [0.05, 0.1) is 33.2 Å². The van der Waals surface area contributed by atoms with E-state index < -0.39 is 0 Å². The Bertz CT molecular complexity index is 8870. The molecule has 12 nitrogen and oxygen atoms in total. The van der Waals surface area contributed by atoms with E-state index in [1.807, 2.05) is 97.1 Å². The van der Waals surface area contributed by atoms with Gasteiger partial charge in [-0.15, -0.1) is 0 Å². The molecular weight excluding hydrogens is 1450 g/mol. The highest BCUT2D eigenvalue weighted by Gasteiger charge is 2.27. The molecule has 0 unspecified atom stereocenters. The zero-order valence-electron chi connectivity index (χ0n) is 62.7. The van der Waals surface area contributed by atoms with Gasteiger partial charge in [-0.1, -0.05) is 218 Å². The van der Waals surface area contributed by atoms with E-state index in [2.05, 4.69) is 264 Å². The number of furan rings is 4. The Balaban J connectivity index is 0.617. The number of aromatic nitrogens is 8. The fraction of sp³-hybridized carbons (Fsp3) is 0. The van der Waals surface area contributed by atoms with E-state index in [1.165, 1.54) is 43.1 Å². The van der Waals surface area contributed by atoms with E-state index in [4.69, 9.17) is 47.6 Å². The Labute approximate surface area is 669 Å². The summed E-state index contributed by atoms with van der Waals surface area (Å²) >= 11 is 0. The largest absolute Gasteiger partial charge is 0.456 e. The summed E-state index contributed by atoms with van der Waals surface area (Å²) in [6.45, 7) is 0. The lowest BCUT2D eigenvalue weighted by Crippen LogP contribution is -2.01. The molecule has 26 rings (SSSR count). The molecule has 18 aromatic carbocycles. The Morgan fingerprint density at radius 1 is 0.178 bits per heavy atom. The highest BCUT2D eigenvalue weighted by atomic mass is 16.3. The first kappa shape index (κ1) is 64.4. The van der Waals surface area contributed by atoms with Crippen molar-refractivity contribution in [2.24, 2.45) is 0 Å². The number of rotatable bonds is 9. The molecule has 0 saturated carbocycles. The minimum atomic E-state index is 0.456. The molecule has 0 bridgehead atoms. The average molecular weight is 1510 g/mol. The molecule has 0 radical (unpaired) electrons. The highest BCUT2D eigenvalue weighted by molar-refractivity contribution is 6.25. The minimum absolute atomic E-state index is 0.456. The van der Waals surface area contributed by atoms with Crippen LogP contribution in [0.3, 0.4) is 0 Å². The van der Waals surface area contributed by atoms with Crippen LogP contribution in [0.5, 0.6) is 0 Å². The summed E-state index contributed by atoms with van der Waals surface area (Å²) < 4.78 is 32.2. The molecule has 546 valence electrons. The highest BCUT2D eigenvalue weighted by Crippen LogP contribution is 2.48. The second-order valence-corrected chi connectivity index (χ2v) is 30.8. The Kier molecular flexibility index (Phi) is 13.5. The van der Waals surface area contributed by atoms with Crippen molar-refractivity contribution in [1.82, 2.24) is 39.0 Å². The van der Waals surface area contributed by atoms with Crippen molar-refractivity contribution < 1.29 is 17.7 Å². The van der Waals surface area contributed by atoms with Gasteiger partial charge >= 0.3 is 0 Å². The molecule has 0 aliphatic heterocycles. The van der Waals surface area contributed by atoms with Crippen molar-refractivity contribution in [3.05, 3.63) is 352 Å². The topological polar surface area (TPSA) is 140 Å². The van der Waals surface area contributed by atoms with Crippen LogP contribution >= 0.6 is 0 Å². The van der Waals surface area contributed by atoms with Crippen molar-refractivity contribution in [1.29, 1.82) is 0 Å². The maximum absolute atomic E-state index is 7.06. The average Bonchev–Trinajstić information content (AvgIpc) is 1.55. The van der Waals surface area contributed by atoms with Crippen molar-refractivity contribution in [3.63, 3.8) is 0 Å². The molecule has 0 spiro atoms. The Morgan fingerprint density at radius 3 is 1.23 bits per heavy atom. The number of para-hydroxylation sites is 5. The van der Waals surface area contributed by atoms with E-state index in [0.29, 0.717) is 46.1 Å². The van der Waals surface area contributed by atoms with Gasteiger partial charge in [-0.2, -0.15) is 0 Å². The van der Waals surface area contributed by atoms with E-state index >= 15 is 0 Å². The molecule has 118 heavy (non-hydrogen) atoms. The van der Waals surface area contributed by atoms with Crippen molar-refractivity contribution >= 4 is 174 Å². The smallest absolute Gasteiger partial charge is 0.167 e. The quantitative estimate of drug-likeness (QED) is 0.137. The van der Waals surface area contributed by atoms with Crippen LogP contribution in [-0.4, -0.2) is 39.0 Å². The van der Waals surface area contributed by atoms with Crippen LogP contribution in [0.1, 0.15) is 0 Å². The van der Waals surface area contributed by atoms with Crippen LogP contribution in [0.2, 0.25) is 0 Å². The van der Waals surface area contributed by atoms with Crippen LogP contribution < -0.4 is 0 Å². The van der Waals surface area contributed by atoms with Crippen LogP contribution in [0, 0.1) is 0 Å². The zero-order valence-corrected chi connectivity index (χ0v) is 62.7. The van der Waals surface area contributed by atoms with Gasteiger partial charge in [-0.3, -0.25) is 0 Å². The van der Waals surface area contributed by atoms with Gasteiger partial charge in [0, 0.05) is 98.3 Å². The first-order chi connectivity index (χ1) is 58.4. The normalized spacial score (nSPS) is 12.2. The first-order valence-electron chi connectivity index (χ1n) is 39.6. The predicted octanol–water partition coefficient (Wildman–Crippen LogP) is 28.1. The van der Waals surface area contributed by atoms with Gasteiger partial charge in [0.25, 0.3) is 0 Å². The number of fused-ring (bicyclic) bond motifs is 24. The molecule has 0 N–H and O–H groups in total. The second kappa shape index (κ2) is 24.7. The molecule has 26 aromatic rings. The Hall–Kier alpha value is -16.2. The summed E-state index contributed by atoms with van der Waals surface area (Å²) in [5.41, 5.74) is 19.1. The van der Waals surface area contributed by atoms with Gasteiger partial charge in [-0.05, 0) is 188 Å². The monoisotopic (exact) mass is 1510 g/mol. The van der Waals surface area contributed by atoms with Crippen molar-refractivity contribution in [3.8, 4) is 90.8 Å². The van der Waals surface area contributed by atoms with Gasteiger partial charge in [0.15, 0.2) is 34.9 Å². The molecular formula is C106H58N8O4. The Morgan fingerprint density at radius 2 is 0.593 bits per heavy atom.